The third kappa shape index (κ3) is 4.05. The average Bonchev–Trinajstić information content (AvgIpc) is 3.25. The third-order valence-corrected chi connectivity index (χ3v) is 5.95. The summed E-state index contributed by atoms with van der Waals surface area (Å²) in [5.41, 5.74) is 0.783. The molecule has 1 aromatic heterocycles. The molecule has 2 heterocycles. The van der Waals surface area contributed by atoms with Crippen molar-refractivity contribution in [2.45, 2.75) is 25.4 Å². The van der Waals surface area contributed by atoms with Gasteiger partial charge >= 0.3 is 0 Å². The fourth-order valence-electron chi connectivity index (χ4n) is 3.99. The number of aromatic nitrogens is 1. The molecule has 1 aliphatic heterocycles. The Morgan fingerprint density at radius 1 is 1.25 bits per heavy atom. The molecule has 7 nitrogen and oxygen atoms in total. The molecule has 0 unspecified atom stereocenters. The van der Waals surface area contributed by atoms with Crippen molar-refractivity contribution in [1.82, 2.24) is 14.8 Å². The van der Waals surface area contributed by atoms with Crippen LogP contribution in [0.2, 0.25) is 5.02 Å². The molecular weight excluding hydrogens is 437 g/mol. The summed E-state index contributed by atoms with van der Waals surface area (Å²) in [6, 6.07) is 8.00. The average molecular weight is 458 g/mol. The molecule has 166 valence electrons. The summed E-state index contributed by atoms with van der Waals surface area (Å²) < 4.78 is 14.6. The van der Waals surface area contributed by atoms with E-state index in [-0.39, 0.29) is 28.8 Å². The Kier molecular flexibility index (Phi) is 5.88. The van der Waals surface area contributed by atoms with Crippen LogP contribution in [0.4, 0.5) is 4.39 Å². The minimum absolute atomic E-state index is 0.0321. The Balaban J connectivity index is 1.54. The monoisotopic (exact) mass is 457 g/mol. The summed E-state index contributed by atoms with van der Waals surface area (Å²) in [6.45, 7) is 0.362. The molecule has 0 aliphatic carbocycles. The lowest BCUT2D eigenvalue weighted by Gasteiger charge is -2.28. The van der Waals surface area contributed by atoms with Gasteiger partial charge in [0.05, 0.1) is 16.1 Å². The van der Waals surface area contributed by atoms with E-state index in [0.717, 1.165) is 11.5 Å². The SMILES string of the molecule is CN(Cc1cc2cccnc2cc1F)C(=O)[C@@H]1CCCN1C(=O)c1cc(Cl)c(O)cc1O. The highest BCUT2D eigenvalue weighted by atomic mass is 35.5. The van der Waals surface area contributed by atoms with Crippen molar-refractivity contribution in [1.29, 1.82) is 0 Å². The smallest absolute Gasteiger partial charge is 0.258 e. The van der Waals surface area contributed by atoms with Gasteiger partial charge in [-0.25, -0.2) is 4.39 Å². The molecule has 9 heteroatoms. The van der Waals surface area contributed by atoms with E-state index in [1.54, 1.807) is 25.4 Å². The first-order valence-corrected chi connectivity index (χ1v) is 10.4. The zero-order valence-corrected chi connectivity index (χ0v) is 18.0. The van der Waals surface area contributed by atoms with Crippen LogP contribution < -0.4 is 0 Å². The molecule has 0 radical (unpaired) electrons. The van der Waals surface area contributed by atoms with Crippen molar-refractivity contribution < 1.29 is 24.2 Å². The second kappa shape index (κ2) is 8.63. The predicted molar refractivity (Wildman–Crippen MR) is 117 cm³/mol. The van der Waals surface area contributed by atoms with Crippen LogP contribution >= 0.6 is 11.6 Å². The maximum absolute atomic E-state index is 14.6. The Morgan fingerprint density at radius 2 is 2.03 bits per heavy atom. The number of fused-ring (bicyclic) bond motifs is 1. The number of hydrogen-bond donors (Lipinski definition) is 2. The fraction of sp³-hybridized carbons (Fsp3) is 0.261. The first-order chi connectivity index (χ1) is 15.3. The maximum Gasteiger partial charge on any atom is 0.258 e. The molecule has 2 N–H and O–H groups in total. The summed E-state index contributed by atoms with van der Waals surface area (Å²) in [7, 11) is 1.56. The summed E-state index contributed by atoms with van der Waals surface area (Å²) in [6.07, 6.45) is 2.64. The number of pyridine rings is 1. The molecule has 2 aromatic carbocycles. The van der Waals surface area contributed by atoms with Gasteiger partial charge in [-0.15, -0.1) is 0 Å². The number of benzene rings is 2. The minimum atomic E-state index is -0.746. The van der Waals surface area contributed by atoms with E-state index in [0.29, 0.717) is 30.5 Å². The molecule has 1 aliphatic rings. The number of phenols is 2. The lowest BCUT2D eigenvalue weighted by molar-refractivity contribution is -0.134. The second-order valence-corrected chi connectivity index (χ2v) is 8.22. The van der Waals surface area contributed by atoms with Gasteiger partial charge in [0.25, 0.3) is 5.91 Å². The highest BCUT2D eigenvalue weighted by molar-refractivity contribution is 6.32. The highest BCUT2D eigenvalue weighted by Crippen LogP contribution is 2.33. The molecule has 2 amide bonds. The number of carbonyl (C=O) groups excluding carboxylic acids is 2. The highest BCUT2D eigenvalue weighted by Gasteiger charge is 2.37. The van der Waals surface area contributed by atoms with Crippen LogP contribution in [0.15, 0.2) is 42.6 Å². The van der Waals surface area contributed by atoms with Crippen molar-refractivity contribution >= 4 is 34.3 Å². The number of carbonyl (C=O) groups is 2. The largest absolute Gasteiger partial charge is 0.507 e. The molecule has 4 rings (SSSR count). The zero-order chi connectivity index (χ0) is 23.0. The quantitative estimate of drug-likeness (QED) is 0.623. The van der Waals surface area contributed by atoms with E-state index >= 15 is 0 Å². The van der Waals surface area contributed by atoms with Crippen molar-refractivity contribution in [3.8, 4) is 11.5 Å². The summed E-state index contributed by atoms with van der Waals surface area (Å²) in [5, 5.41) is 20.4. The van der Waals surface area contributed by atoms with Crippen molar-refractivity contribution in [3.63, 3.8) is 0 Å². The van der Waals surface area contributed by atoms with E-state index in [1.165, 1.54) is 21.9 Å². The van der Waals surface area contributed by atoms with Gasteiger partial charge in [0.15, 0.2) is 0 Å². The molecule has 3 aromatic rings. The molecule has 1 fully saturated rings. The number of halogens is 2. The van der Waals surface area contributed by atoms with Crippen LogP contribution in [0.3, 0.4) is 0 Å². The van der Waals surface area contributed by atoms with Crippen LogP contribution in [0.5, 0.6) is 11.5 Å². The third-order valence-electron chi connectivity index (χ3n) is 5.65. The van der Waals surface area contributed by atoms with E-state index in [1.807, 2.05) is 6.07 Å². The molecule has 0 spiro atoms. The standard InChI is InChI=1S/C23H21ClFN3O4/c1-27(12-14-8-13-4-2-6-26-18(13)10-17(14)25)23(32)19-5-3-7-28(19)22(31)15-9-16(24)21(30)11-20(15)29/h2,4,6,8-11,19,29-30H,3,5,7,12H2,1H3/t19-/m0/s1. The minimum Gasteiger partial charge on any atom is -0.507 e. The predicted octanol–water partition coefficient (Wildman–Crippen LogP) is 3.70. The van der Waals surface area contributed by atoms with E-state index < -0.39 is 23.5 Å². The molecule has 0 saturated carbocycles. The van der Waals surface area contributed by atoms with Gasteiger partial charge in [0.2, 0.25) is 5.91 Å². The van der Waals surface area contributed by atoms with Gasteiger partial charge in [0, 0.05) is 49.4 Å². The first kappa shape index (κ1) is 21.8. The van der Waals surface area contributed by atoms with Gasteiger partial charge in [-0.2, -0.15) is 0 Å². The van der Waals surface area contributed by atoms with E-state index in [2.05, 4.69) is 4.98 Å². The number of hydrogen-bond acceptors (Lipinski definition) is 5. The van der Waals surface area contributed by atoms with Crippen molar-refractivity contribution in [3.05, 3.63) is 64.6 Å². The fourth-order valence-corrected chi connectivity index (χ4v) is 4.16. The van der Waals surface area contributed by atoms with Crippen LogP contribution in [0.1, 0.15) is 28.8 Å². The number of likely N-dealkylation sites (N-methyl/N-ethyl adjacent to an activating group) is 1. The second-order valence-electron chi connectivity index (χ2n) is 7.81. The van der Waals surface area contributed by atoms with Gasteiger partial charge in [-0.05, 0) is 31.0 Å². The maximum atomic E-state index is 14.6. The van der Waals surface area contributed by atoms with Crippen molar-refractivity contribution in [2.24, 2.45) is 0 Å². The number of aromatic hydroxyl groups is 2. The van der Waals surface area contributed by atoms with Gasteiger partial charge in [-0.3, -0.25) is 14.6 Å². The Bertz CT molecular complexity index is 1220. The first-order valence-electron chi connectivity index (χ1n) is 10.1. The number of phenolic OH excluding ortho intramolecular Hbond substituents is 2. The normalized spacial score (nSPS) is 15.8. The molecule has 1 saturated heterocycles. The lowest BCUT2D eigenvalue weighted by Crippen LogP contribution is -2.46. The summed E-state index contributed by atoms with van der Waals surface area (Å²) >= 11 is 5.89. The zero-order valence-electron chi connectivity index (χ0n) is 17.3. The van der Waals surface area contributed by atoms with E-state index in [9.17, 15) is 24.2 Å². The lowest BCUT2D eigenvalue weighted by atomic mass is 10.1. The molecule has 1 atom stereocenters. The molecule has 0 bridgehead atoms. The van der Waals surface area contributed by atoms with Crippen LogP contribution in [-0.4, -0.2) is 56.4 Å². The molecule has 32 heavy (non-hydrogen) atoms. The van der Waals surface area contributed by atoms with Crippen LogP contribution in [0, 0.1) is 5.82 Å². The van der Waals surface area contributed by atoms with Gasteiger partial charge in [-0.1, -0.05) is 17.7 Å². The number of nitrogens with zero attached hydrogens (tertiary/aromatic N) is 3. The number of rotatable bonds is 4. The Labute approximate surface area is 188 Å². The summed E-state index contributed by atoms with van der Waals surface area (Å²) in [4.78, 5) is 33.1. The van der Waals surface area contributed by atoms with Crippen molar-refractivity contribution in [2.75, 3.05) is 13.6 Å². The Hall–Kier alpha value is -3.39. The van der Waals surface area contributed by atoms with Gasteiger partial charge in [0.1, 0.15) is 23.4 Å². The van der Waals surface area contributed by atoms with Crippen LogP contribution in [0.25, 0.3) is 10.9 Å². The topological polar surface area (TPSA) is 94.0 Å². The summed E-state index contributed by atoms with van der Waals surface area (Å²) in [5.74, 6) is -2.11. The number of likely N-dealkylation sites (tertiary alicyclic amines) is 1. The molecular formula is C23H21ClFN3O4. The van der Waals surface area contributed by atoms with Gasteiger partial charge < -0.3 is 20.0 Å². The number of amides is 2. The van der Waals surface area contributed by atoms with E-state index in [4.69, 9.17) is 11.6 Å². The van der Waals surface area contributed by atoms with Crippen LogP contribution in [-0.2, 0) is 11.3 Å². The Morgan fingerprint density at radius 3 is 2.81 bits per heavy atom.